The van der Waals surface area contributed by atoms with Crippen LogP contribution in [0.3, 0.4) is 0 Å². The first-order valence-corrected chi connectivity index (χ1v) is 10.6. The fraction of sp³-hybridized carbons (Fsp3) is 0.250. The second kappa shape index (κ2) is 7.76. The summed E-state index contributed by atoms with van der Waals surface area (Å²) in [5.41, 5.74) is 1.65. The first kappa shape index (κ1) is 20.7. The highest BCUT2D eigenvalue weighted by Gasteiger charge is 2.18. The van der Waals surface area contributed by atoms with Crippen molar-refractivity contribution in [3.63, 3.8) is 0 Å². The van der Waals surface area contributed by atoms with E-state index in [9.17, 15) is 18.0 Å². The molecule has 1 atom stereocenters. The van der Waals surface area contributed by atoms with Gasteiger partial charge in [-0.15, -0.1) is 0 Å². The molecule has 1 amide bonds. The molecule has 2 heterocycles. The van der Waals surface area contributed by atoms with Crippen LogP contribution in [0.2, 0.25) is 0 Å². The van der Waals surface area contributed by atoms with Gasteiger partial charge in [-0.1, -0.05) is 12.1 Å². The Balaban J connectivity index is 1.92. The lowest BCUT2D eigenvalue weighted by Crippen LogP contribution is -2.32. The lowest BCUT2D eigenvalue weighted by atomic mass is 10.1. The lowest BCUT2D eigenvalue weighted by molar-refractivity contribution is 0.0938. The fourth-order valence-electron chi connectivity index (χ4n) is 3.07. The number of carbonyl (C=O) groups is 1. The Morgan fingerprint density at radius 3 is 2.45 bits per heavy atom. The quantitative estimate of drug-likeness (QED) is 0.659. The van der Waals surface area contributed by atoms with Crippen LogP contribution in [0, 0.1) is 6.92 Å². The van der Waals surface area contributed by atoms with E-state index in [2.05, 4.69) is 10.3 Å². The number of pyridine rings is 2. The zero-order valence-electron chi connectivity index (χ0n) is 16.3. The van der Waals surface area contributed by atoms with Gasteiger partial charge in [-0.2, -0.15) is 0 Å². The highest BCUT2D eigenvalue weighted by Crippen LogP contribution is 2.17. The Labute approximate surface area is 168 Å². The molecule has 3 aromatic rings. The van der Waals surface area contributed by atoms with Gasteiger partial charge in [0.25, 0.3) is 5.91 Å². The van der Waals surface area contributed by atoms with Crippen LogP contribution in [0.25, 0.3) is 11.0 Å². The van der Waals surface area contributed by atoms with Crippen LogP contribution in [0.15, 0.2) is 52.3 Å². The Morgan fingerprint density at radius 2 is 1.86 bits per heavy atom. The van der Waals surface area contributed by atoms with Crippen LogP contribution in [-0.4, -0.2) is 23.9 Å². The average molecular weight is 414 g/mol. The second-order valence-corrected chi connectivity index (χ2v) is 8.35. The van der Waals surface area contributed by atoms with Gasteiger partial charge < -0.3 is 9.88 Å². The van der Waals surface area contributed by atoms with Crippen molar-refractivity contribution in [1.29, 1.82) is 0 Å². The van der Waals surface area contributed by atoms with Crippen molar-refractivity contribution in [3.05, 3.63) is 69.6 Å². The van der Waals surface area contributed by atoms with Crippen molar-refractivity contribution >= 4 is 27.0 Å². The van der Waals surface area contributed by atoms with Crippen molar-refractivity contribution in [2.24, 2.45) is 5.14 Å². The molecule has 152 valence electrons. The lowest BCUT2D eigenvalue weighted by Gasteiger charge is -2.16. The van der Waals surface area contributed by atoms with Gasteiger partial charge in [-0.25, -0.2) is 18.5 Å². The molecule has 0 aliphatic rings. The summed E-state index contributed by atoms with van der Waals surface area (Å²) in [6.45, 7) is 6.05. The molecule has 1 aromatic carbocycles. The van der Waals surface area contributed by atoms with E-state index >= 15 is 0 Å². The molecule has 0 saturated heterocycles. The number of primary sulfonamides is 1. The molecule has 3 N–H and O–H groups in total. The van der Waals surface area contributed by atoms with E-state index in [4.69, 9.17) is 5.14 Å². The van der Waals surface area contributed by atoms with Gasteiger partial charge in [0.1, 0.15) is 11.2 Å². The minimum Gasteiger partial charge on any atom is -0.345 e. The van der Waals surface area contributed by atoms with E-state index in [-0.39, 0.29) is 15.9 Å². The molecule has 0 spiro atoms. The molecule has 0 aliphatic heterocycles. The summed E-state index contributed by atoms with van der Waals surface area (Å²) in [5.74, 6) is -0.511. The number of nitrogens with two attached hydrogens (primary N) is 1. The van der Waals surface area contributed by atoms with Crippen LogP contribution in [0.1, 0.15) is 41.5 Å². The number of nitrogens with zero attached hydrogens (tertiary/aromatic N) is 2. The van der Waals surface area contributed by atoms with Crippen molar-refractivity contribution in [2.75, 3.05) is 0 Å². The zero-order valence-corrected chi connectivity index (χ0v) is 17.2. The van der Waals surface area contributed by atoms with Gasteiger partial charge in [0.2, 0.25) is 15.5 Å². The summed E-state index contributed by atoms with van der Waals surface area (Å²) < 4.78 is 24.5. The smallest absolute Gasteiger partial charge is 0.257 e. The predicted octanol–water partition coefficient (Wildman–Crippen LogP) is 1.86. The van der Waals surface area contributed by atoms with Gasteiger partial charge in [-0.3, -0.25) is 9.59 Å². The maximum absolute atomic E-state index is 12.8. The third-order valence-electron chi connectivity index (χ3n) is 4.70. The third-order valence-corrected chi connectivity index (χ3v) is 5.63. The summed E-state index contributed by atoms with van der Waals surface area (Å²) in [7, 11) is -3.79. The Kier molecular flexibility index (Phi) is 5.54. The number of fused-ring (bicyclic) bond motifs is 1. The maximum Gasteiger partial charge on any atom is 0.257 e. The number of nitrogens with one attached hydrogen (secondary N) is 1. The molecule has 0 bridgehead atoms. The Morgan fingerprint density at radius 1 is 1.21 bits per heavy atom. The Bertz CT molecular complexity index is 1250. The minimum atomic E-state index is -3.79. The van der Waals surface area contributed by atoms with Gasteiger partial charge in [0, 0.05) is 18.4 Å². The van der Waals surface area contributed by atoms with Gasteiger partial charge in [-0.05, 0) is 50.6 Å². The number of hydrogen-bond acceptors (Lipinski definition) is 5. The summed E-state index contributed by atoms with van der Waals surface area (Å²) >= 11 is 0. The first-order chi connectivity index (χ1) is 13.6. The van der Waals surface area contributed by atoms with E-state index in [0.29, 0.717) is 23.1 Å². The van der Waals surface area contributed by atoms with Crippen LogP contribution in [0.4, 0.5) is 0 Å². The van der Waals surface area contributed by atoms with Gasteiger partial charge >= 0.3 is 0 Å². The second-order valence-electron chi connectivity index (χ2n) is 6.79. The molecule has 9 heteroatoms. The molecule has 29 heavy (non-hydrogen) atoms. The number of benzene rings is 1. The molecule has 8 nitrogen and oxygen atoms in total. The van der Waals surface area contributed by atoms with Gasteiger partial charge in [0.15, 0.2) is 0 Å². The summed E-state index contributed by atoms with van der Waals surface area (Å²) in [4.78, 5) is 30.0. The van der Waals surface area contributed by atoms with Crippen molar-refractivity contribution in [1.82, 2.24) is 14.9 Å². The summed E-state index contributed by atoms with van der Waals surface area (Å²) in [5, 5.41) is 8.27. The predicted molar refractivity (Wildman–Crippen MR) is 110 cm³/mol. The van der Waals surface area contributed by atoms with Gasteiger partial charge in [0.05, 0.1) is 16.3 Å². The normalized spacial score (nSPS) is 12.7. The van der Waals surface area contributed by atoms with E-state index in [1.54, 1.807) is 35.8 Å². The van der Waals surface area contributed by atoms with Crippen LogP contribution >= 0.6 is 0 Å². The topological polar surface area (TPSA) is 124 Å². The van der Waals surface area contributed by atoms with E-state index < -0.39 is 22.0 Å². The molecule has 2 aromatic heterocycles. The number of aromatic nitrogens is 2. The van der Waals surface area contributed by atoms with Crippen molar-refractivity contribution < 1.29 is 13.2 Å². The van der Waals surface area contributed by atoms with E-state index in [1.165, 1.54) is 18.3 Å². The van der Waals surface area contributed by atoms with E-state index in [1.807, 2.05) is 13.8 Å². The molecule has 0 unspecified atom stereocenters. The number of rotatable bonds is 5. The summed E-state index contributed by atoms with van der Waals surface area (Å²) in [6, 6.07) is 8.87. The number of aryl methyl sites for hydroxylation is 2. The van der Waals surface area contributed by atoms with Crippen molar-refractivity contribution in [3.8, 4) is 0 Å². The van der Waals surface area contributed by atoms with E-state index in [0.717, 1.165) is 5.69 Å². The van der Waals surface area contributed by atoms with Crippen LogP contribution < -0.4 is 15.9 Å². The number of carbonyl (C=O) groups excluding carboxylic acids is 1. The first-order valence-electron chi connectivity index (χ1n) is 9.06. The molecule has 0 radical (unpaired) electrons. The minimum absolute atomic E-state index is 0.0112. The molecular formula is C20H22N4O4S. The molecule has 0 aliphatic carbocycles. The molecule has 3 rings (SSSR count). The third kappa shape index (κ3) is 4.20. The zero-order chi connectivity index (χ0) is 21.3. The standard InChI is InChI=1S/C20H22N4O4S/c1-4-24-11-17(18(25)16-10-5-12(2)22-19(16)24)20(26)23-13(3)14-6-8-15(9-7-14)29(21,27)28/h5-11,13H,4H2,1-3H3,(H,23,26)(H2,21,27,28)/t13-/m1/s1. The maximum atomic E-state index is 12.8. The molecule has 0 saturated carbocycles. The Hall–Kier alpha value is -3.04. The average Bonchev–Trinajstić information content (AvgIpc) is 2.67. The highest BCUT2D eigenvalue weighted by molar-refractivity contribution is 7.89. The number of amides is 1. The SMILES string of the molecule is CCn1cc(C(=O)N[C@H](C)c2ccc(S(N)(=O)=O)cc2)c(=O)c2ccc(C)nc21. The number of sulfonamides is 1. The highest BCUT2D eigenvalue weighted by atomic mass is 32.2. The fourth-order valence-corrected chi connectivity index (χ4v) is 3.58. The molecule has 0 fully saturated rings. The van der Waals surface area contributed by atoms with Crippen molar-refractivity contribution in [2.45, 2.75) is 38.3 Å². The van der Waals surface area contributed by atoms with Crippen LogP contribution in [0.5, 0.6) is 0 Å². The monoisotopic (exact) mass is 414 g/mol. The summed E-state index contributed by atoms with van der Waals surface area (Å²) in [6.07, 6.45) is 1.52. The van der Waals surface area contributed by atoms with Crippen LogP contribution in [-0.2, 0) is 16.6 Å². The molecular weight excluding hydrogens is 392 g/mol. The number of hydrogen-bond donors (Lipinski definition) is 2. The largest absolute Gasteiger partial charge is 0.345 e.